The smallest absolute Gasteiger partial charge is 0.423 e. The van der Waals surface area contributed by atoms with Crippen LogP contribution in [0.3, 0.4) is 0 Å². The van der Waals surface area contributed by atoms with Crippen molar-refractivity contribution < 1.29 is 14.5 Å². The standard InChI is InChI=1S/C18H15BN2O3/c22-18(20-14-9-8-13-11-24-19(23)16(13)10-14)21-17-7-3-5-12-4-1-2-6-15(12)17/h1-10,23H,11H2,(H2,20,21,22). The second-order valence-corrected chi connectivity index (χ2v) is 5.68. The number of hydrogen-bond acceptors (Lipinski definition) is 3. The fourth-order valence-electron chi connectivity index (χ4n) is 2.91. The molecular weight excluding hydrogens is 303 g/mol. The third-order valence-electron chi connectivity index (χ3n) is 4.10. The van der Waals surface area contributed by atoms with Gasteiger partial charge < -0.3 is 20.3 Å². The van der Waals surface area contributed by atoms with Gasteiger partial charge in [-0.25, -0.2) is 4.79 Å². The highest BCUT2D eigenvalue weighted by atomic mass is 16.5. The number of carbonyl (C=O) groups excluding carboxylic acids is 1. The summed E-state index contributed by atoms with van der Waals surface area (Å²) in [6.07, 6.45) is 0. The summed E-state index contributed by atoms with van der Waals surface area (Å²) < 4.78 is 5.15. The Labute approximate surface area is 139 Å². The summed E-state index contributed by atoms with van der Waals surface area (Å²) in [4.78, 5) is 12.3. The Morgan fingerprint density at radius 1 is 1.04 bits per heavy atom. The van der Waals surface area contributed by atoms with Crippen molar-refractivity contribution in [3.63, 3.8) is 0 Å². The van der Waals surface area contributed by atoms with Gasteiger partial charge in [0.15, 0.2) is 0 Å². The Morgan fingerprint density at radius 3 is 2.79 bits per heavy atom. The maximum atomic E-state index is 12.3. The first-order chi connectivity index (χ1) is 11.7. The van der Waals surface area contributed by atoms with E-state index in [0.29, 0.717) is 17.8 Å². The van der Waals surface area contributed by atoms with E-state index >= 15 is 0 Å². The lowest BCUT2D eigenvalue weighted by Crippen LogP contribution is -2.29. The zero-order valence-electron chi connectivity index (χ0n) is 12.8. The number of hydrogen-bond donors (Lipinski definition) is 3. The zero-order chi connectivity index (χ0) is 16.5. The molecule has 0 unspecified atom stereocenters. The zero-order valence-corrected chi connectivity index (χ0v) is 12.8. The van der Waals surface area contributed by atoms with E-state index in [1.165, 1.54) is 0 Å². The molecule has 6 heteroatoms. The average molecular weight is 318 g/mol. The molecule has 5 nitrogen and oxygen atoms in total. The molecule has 0 fully saturated rings. The minimum Gasteiger partial charge on any atom is -0.423 e. The molecule has 3 aromatic rings. The van der Waals surface area contributed by atoms with Crippen molar-refractivity contribution in [1.82, 2.24) is 0 Å². The van der Waals surface area contributed by atoms with Crippen LogP contribution in [0.15, 0.2) is 60.7 Å². The lowest BCUT2D eigenvalue weighted by Gasteiger charge is -2.11. The van der Waals surface area contributed by atoms with Gasteiger partial charge in [-0.1, -0.05) is 42.5 Å². The second kappa shape index (κ2) is 6.00. The molecule has 0 radical (unpaired) electrons. The maximum Gasteiger partial charge on any atom is 0.491 e. The van der Waals surface area contributed by atoms with Gasteiger partial charge in [0.05, 0.1) is 12.3 Å². The molecule has 0 atom stereocenters. The molecular formula is C18H15BN2O3. The van der Waals surface area contributed by atoms with Crippen molar-refractivity contribution >= 4 is 40.8 Å². The number of rotatable bonds is 2. The highest BCUT2D eigenvalue weighted by Crippen LogP contribution is 2.23. The molecule has 0 saturated carbocycles. The molecule has 1 aliphatic heterocycles. The van der Waals surface area contributed by atoms with Gasteiger partial charge in [0.25, 0.3) is 0 Å². The van der Waals surface area contributed by atoms with Crippen LogP contribution >= 0.6 is 0 Å². The third-order valence-corrected chi connectivity index (χ3v) is 4.10. The molecule has 0 saturated heterocycles. The third kappa shape index (κ3) is 2.73. The lowest BCUT2D eigenvalue weighted by atomic mass is 9.79. The van der Waals surface area contributed by atoms with Gasteiger partial charge in [-0.05, 0) is 34.6 Å². The van der Waals surface area contributed by atoms with Gasteiger partial charge in [-0.3, -0.25) is 0 Å². The number of nitrogens with one attached hydrogen (secondary N) is 2. The predicted molar refractivity (Wildman–Crippen MR) is 95.4 cm³/mol. The number of carbonyl (C=O) groups is 1. The summed E-state index contributed by atoms with van der Waals surface area (Å²) >= 11 is 0. The first kappa shape index (κ1) is 14.7. The van der Waals surface area contributed by atoms with Crippen molar-refractivity contribution in [2.45, 2.75) is 6.61 Å². The summed E-state index contributed by atoms with van der Waals surface area (Å²) in [6, 6.07) is 18.7. The summed E-state index contributed by atoms with van der Waals surface area (Å²) in [5.74, 6) is 0. The Hall–Kier alpha value is -2.83. The van der Waals surface area contributed by atoms with E-state index < -0.39 is 7.12 Å². The number of fused-ring (bicyclic) bond motifs is 2. The lowest BCUT2D eigenvalue weighted by molar-refractivity contribution is 0.262. The predicted octanol–water partition coefficient (Wildman–Crippen LogP) is 2.70. The monoisotopic (exact) mass is 318 g/mol. The molecule has 2 amide bonds. The molecule has 0 aromatic heterocycles. The summed E-state index contributed by atoms with van der Waals surface area (Å²) in [5, 5.41) is 17.4. The van der Waals surface area contributed by atoms with Crippen LogP contribution in [0.4, 0.5) is 16.2 Å². The van der Waals surface area contributed by atoms with E-state index in [4.69, 9.17) is 4.65 Å². The largest absolute Gasteiger partial charge is 0.491 e. The van der Waals surface area contributed by atoms with E-state index in [0.717, 1.165) is 22.0 Å². The van der Waals surface area contributed by atoms with Crippen molar-refractivity contribution in [2.75, 3.05) is 10.6 Å². The molecule has 118 valence electrons. The number of urea groups is 1. The van der Waals surface area contributed by atoms with Crippen molar-refractivity contribution in [3.8, 4) is 0 Å². The van der Waals surface area contributed by atoms with E-state index in [9.17, 15) is 9.82 Å². The van der Waals surface area contributed by atoms with Crippen LogP contribution in [0.2, 0.25) is 0 Å². The van der Waals surface area contributed by atoms with Crippen LogP contribution in [0.5, 0.6) is 0 Å². The van der Waals surface area contributed by atoms with Crippen LogP contribution in [0, 0.1) is 0 Å². The van der Waals surface area contributed by atoms with E-state index in [-0.39, 0.29) is 6.03 Å². The topological polar surface area (TPSA) is 70.6 Å². The average Bonchev–Trinajstić information content (AvgIpc) is 2.96. The van der Waals surface area contributed by atoms with Crippen molar-refractivity contribution in [1.29, 1.82) is 0 Å². The van der Waals surface area contributed by atoms with Gasteiger partial charge in [0.2, 0.25) is 0 Å². The second-order valence-electron chi connectivity index (χ2n) is 5.68. The highest BCUT2D eigenvalue weighted by Gasteiger charge is 2.27. The fourth-order valence-corrected chi connectivity index (χ4v) is 2.91. The summed E-state index contributed by atoms with van der Waals surface area (Å²) in [6.45, 7) is 0.388. The van der Waals surface area contributed by atoms with Gasteiger partial charge in [-0.15, -0.1) is 0 Å². The highest BCUT2D eigenvalue weighted by molar-refractivity contribution is 6.61. The van der Waals surface area contributed by atoms with Crippen molar-refractivity contribution in [3.05, 3.63) is 66.2 Å². The number of amides is 2. The molecule has 24 heavy (non-hydrogen) atoms. The normalized spacial score (nSPS) is 13.0. The summed E-state index contributed by atoms with van der Waals surface area (Å²) in [7, 11) is -0.928. The molecule has 1 heterocycles. The van der Waals surface area contributed by atoms with Gasteiger partial charge >= 0.3 is 13.1 Å². The van der Waals surface area contributed by atoms with Gasteiger partial charge in [0, 0.05) is 11.1 Å². The minimum absolute atomic E-state index is 0.334. The van der Waals surface area contributed by atoms with E-state index in [2.05, 4.69) is 10.6 Å². The van der Waals surface area contributed by atoms with Crippen LogP contribution < -0.4 is 16.1 Å². The quantitative estimate of drug-likeness (QED) is 0.636. The summed E-state index contributed by atoms with van der Waals surface area (Å²) in [5.41, 5.74) is 2.98. The molecule has 0 aliphatic carbocycles. The first-order valence-electron chi connectivity index (χ1n) is 7.69. The Bertz CT molecular complexity index is 924. The number of benzene rings is 3. The van der Waals surface area contributed by atoms with Crippen LogP contribution in [-0.4, -0.2) is 18.2 Å². The van der Waals surface area contributed by atoms with Gasteiger partial charge in [-0.2, -0.15) is 0 Å². The fraction of sp³-hybridized carbons (Fsp3) is 0.0556. The molecule has 4 rings (SSSR count). The van der Waals surface area contributed by atoms with Gasteiger partial charge in [0.1, 0.15) is 0 Å². The van der Waals surface area contributed by atoms with E-state index in [1.807, 2.05) is 48.5 Å². The van der Waals surface area contributed by atoms with Crippen LogP contribution in [0.25, 0.3) is 10.8 Å². The minimum atomic E-state index is -0.928. The molecule has 0 bridgehead atoms. The number of anilines is 2. The van der Waals surface area contributed by atoms with Crippen LogP contribution in [-0.2, 0) is 11.3 Å². The first-order valence-corrected chi connectivity index (χ1v) is 7.69. The maximum absolute atomic E-state index is 12.3. The van der Waals surface area contributed by atoms with Crippen molar-refractivity contribution in [2.24, 2.45) is 0 Å². The molecule has 0 spiro atoms. The Balaban J connectivity index is 1.54. The molecule has 1 aliphatic rings. The Kier molecular flexibility index (Phi) is 3.68. The SMILES string of the molecule is O=C(Nc1ccc2c(c1)B(O)OC2)Nc1cccc2ccccc12. The van der Waals surface area contributed by atoms with Crippen LogP contribution in [0.1, 0.15) is 5.56 Å². The molecule has 3 N–H and O–H groups in total. The van der Waals surface area contributed by atoms with E-state index in [1.54, 1.807) is 12.1 Å². The Morgan fingerprint density at radius 2 is 1.88 bits per heavy atom. The molecule has 3 aromatic carbocycles.